The summed E-state index contributed by atoms with van der Waals surface area (Å²) in [5, 5.41) is 25.9. The quantitative estimate of drug-likeness (QED) is 0.250. The van der Waals surface area contributed by atoms with Crippen LogP contribution in [0.1, 0.15) is 51.0 Å². The molecule has 1 unspecified atom stereocenters. The van der Waals surface area contributed by atoms with Crippen molar-refractivity contribution < 1.29 is 39.1 Å². The number of unbranched alkanes of at least 4 members (excludes halogenated alkanes) is 4. The van der Waals surface area contributed by atoms with Crippen LogP contribution in [0.25, 0.3) is 6.08 Å². The van der Waals surface area contributed by atoms with E-state index in [4.69, 9.17) is 29.5 Å². The van der Waals surface area contributed by atoms with E-state index in [1.165, 1.54) is 26.0 Å². The number of hydrogen-bond acceptors (Lipinski definition) is 7. The van der Waals surface area contributed by atoms with Crippen molar-refractivity contribution in [3.8, 4) is 11.5 Å². The number of esters is 1. The molecule has 8 heteroatoms. The Hall–Kier alpha value is -2.58. The lowest BCUT2D eigenvalue weighted by Gasteiger charge is -2.08. The second-order valence-electron chi connectivity index (χ2n) is 6.46. The molecule has 1 atom stereocenters. The van der Waals surface area contributed by atoms with Gasteiger partial charge in [-0.3, -0.25) is 4.79 Å². The van der Waals surface area contributed by atoms with Gasteiger partial charge in [0.1, 0.15) is 24.2 Å². The molecule has 0 aliphatic rings. The number of benzene rings is 1. The highest BCUT2D eigenvalue weighted by Gasteiger charge is 2.07. The third-order valence-electron chi connectivity index (χ3n) is 3.98. The first-order chi connectivity index (χ1) is 14.4. The van der Waals surface area contributed by atoms with Gasteiger partial charge >= 0.3 is 11.9 Å². The molecular formula is C22H34O8. The van der Waals surface area contributed by atoms with Crippen molar-refractivity contribution in [1.82, 2.24) is 0 Å². The average molecular weight is 427 g/mol. The lowest BCUT2D eigenvalue weighted by atomic mass is 10.1. The zero-order valence-electron chi connectivity index (χ0n) is 18.0. The first kappa shape index (κ1) is 27.4. The van der Waals surface area contributed by atoms with Gasteiger partial charge in [-0.15, -0.1) is 0 Å². The molecule has 0 aromatic heterocycles. The minimum atomic E-state index is -0.993. The molecule has 8 nitrogen and oxygen atoms in total. The maximum Gasteiger partial charge on any atom is 0.328 e. The number of methoxy groups -OCH3 is 2. The van der Waals surface area contributed by atoms with E-state index in [1.807, 2.05) is 0 Å². The summed E-state index contributed by atoms with van der Waals surface area (Å²) in [4.78, 5) is 21.4. The molecule has 1 aromatic rings. The topological polar surface area (TPSA) is 123 Å². The molecule has 0 spiro atoms. The molecular weight excluding hydrogens is 392 g/mol. The molecule has 0 amide bonds. The highest BCUT2D eigenvalue weighted by Crippen LogP contribution is 2.25. The van der Waals surface area contributed by atoms with E-state index < -0.39 is 12.1 Å². The molecule has 0 saturated heterocycles. The summed E-state index contributed by atoms with van der Waals surface area (Å²) in [6.07, 6.45) is 7.43. The van der Waals surface area contributed by atoms with Gasteiger partial charge in [-0.25, -0.2) is 4.79 Å². The number of carboxylic acids is 1. The van der Waals surface area contributed by atoms with Crippen LogP contribution in [0, 0.1) is 0 Å². The average Bonchev–Trinajstić information content (AvgIpc) is 2.76. The highest BCUT2D eigenvalue weighted by molar-refractivity contribution is 5.86. The number of hydrogen-bond donors (Lipinski definition) is 3. The Kier molecular flexibility index (Phi) is 15.8. The van der Waals surface area contributed by atoms with Crippen molar-refractivity contribution in [2.24, 2.45) is 0 Å². The number of carboxylic acid groups (broad SMARTS) is 1. The molecule has 0 bridgehead atoms. The maximum atomic E-state index is 11.1. The van der Waals surface area contributed by atoms with E-state index in [9.17, 15) is 9.59 Å². The Labute approximate surface area is 178 Å². The van der Waals surface area contributed by atoms with Crippen molar-refractivity contribution >= 4 is 18.0 Å². The predicted molar refractivity (Wildman–Crippen MR) is 114 cm³/mol. The van der Waals surface area contributed by atoms with E-state index in [-0.39, 0.29) is 19.2 Å². The second-order valence-corrected chi connectivity index (χ2v) is 6.46. The predicted octanol–water partition coefficient (Wildman–Crippen LogP) is 3.04. The van der Waals surface area contributed by atoms with Crippen LogP contribution in [0.15, 0.2) is 24.3 Å². The van der Waals surface area contributed by atoms with Gasteiger partial charge in [0.05, 0.1) is 20.8 Å². The standard InChI is InChI=1S/C11H12O4.C11H22O4/c1-14-9-5-3-8(4-6-11(12)13)10(7-9)15-2;1-2-3-4-5-6-7-11(14)15-9-10(13)8-12/h3-7H,1-2H3,(H,12,13);10,12-13H,2-9H2,1H3. The number of carbonyl (C=O) groups excluding carboxylic acids is 1. The van der Waals surface area contributed by atoms with Crippen LogP contribution in [0.4, 0.5) is 0 Å². The molecule has 0 aliphatic carbocycles. The fraction of sp³-hybridized carbons (Fsp3) is 0.545. The summed E-state index contributed by atoms with van der Waals surface area (Å²) in [6, 6.07) is 5.17. The van der Waals surface area contributed by atoms with Crippen LogP contribution in [0.3, 0.4) is 0 Å². The van der Waals surface area contributed by atoms with Gasteiger partial charge in [0.2, 0.25) is 0 Å². The smallest absolute Gasteiger partial charge is 0.328 e. The Bertz CT molecular complexity index is 642. The monoisotopic (exact) mass is 426 g/mol. The lowest BCUT2D eigenvalue weighted by molar-refractivity contribution is -0.147. The minimum Gasteiger partial charge on any atom is -0.497 e. The van der Waals surface area contributed by atoms with E-state index in [0.29, 0.717) is 23.5 Å². The Morgan fingerprint density at radius 1 is 1.10 bits per heavy atom. The zero-order valence-corrected chi connectivity index (χ0v) is 18.0. The molecule has 0 heterocycles. The largest absolute Gasteiger partial charge is 0.497 e. The highest BCUT2D eigenvalue weighted by atomic mass is 16.5. The van der Waals surface area contributed by atoms with Crippen molar-refractivity contribution in [2.75, 3.05) is 27.4 Å². The Balaban J connectivity index is 0.000000561. The van der Waals surface area contributed by atoms with E-state index >= 15 is 0 Å². The molecule has 0 aliphatic heterocycles. The number of aliphatic carboxylic acids is 1. The van der Waals surface area contributed by atoms with Crippen LogP contribution in [0.5, 0.6) is 11.5 Å². The van der Waals surface area contributed by atoms with Crippen LogP contribution < -0.4 is 9.47 Å². The van der Waals surface area contributed by atoms with Crippen LogP contribution >= 0.6 is 0 Å². The normalized spacial score (nSPS) is 11.4. The molecule has 0 saturated carbocycles. The fourth-order valence-corrected chi connectivity index (χ4v) is 2.30. The van der Waals surface area contributed by atoms with Crippen molar-refractivity contribution in [3.05, 3.63) is 29.8 Å². The molecule has 170 valence electrons. The SMILES string of the molecule is CCCCCCCC(=O)OCC(O)CO.COc1ccc(C=CC(=O)O)c(OC)c1. The summed E-state index contributed by atoms with van der Waals surface area (Å²) in [6.45, 7) is 1.67. The van der Waals surface area contributed by atoms with Crippen molar-refractivity contribution in [1.29, 1.82) is 0 Å². The fourth-order valence-electron chi connectivity index (χ4n) is 2.30. The van der Waals surface area contributed by atoms with Crippen LogP contribution in [0.2, 0.25) is 0 Å². The van der Waals surface area contributed by atoms with E-state index in [2.05, 4.69) is 6.92 Å². The molecule has 3 N–H and O–H groups in total. The van der Waals surface area contributed by atoms with Gasteiger partial charge in [0.15, 0.2) is 0 Å². The van der Waals surface area contributed by atoms with E-state index in [0.717, 1.165) is 25.3 Å². The summed E-state index contributed by atoms with van der Waals surface area (Å²) >= 11 is 0. The number of aliphatic hydroxyl groups excluding tert-OH is 2. The van der Waals surface area contributed by atoms with Gasteiger partial charge in [0.25, 0.3) is 0 Å². The number of rotatable bonds is 13. The third-order valence-corrected chi connectivity index (χ3v) is 3.98. The van der Waals surface area contributed by atoms with Crippen LogP contribution in [-0.4, -0.2) is 60.8 Å². The number of ether oxygens (including phenoxy) is 3. The molecule has 30 heavy (non-hydrogen) atoms. The minimum absolute atomic E-state index is 0.107. The Morgan fingerprint density at radius 3 is 2.37 bits per heavy atom. The summed E-state index contributed by atoms with van der Waals surface area (Å²) in [7, 11) is 3.08. The lowest BCUT2D eigenvalue weighted by Crippen LogP contribution is -2.21. The van der Waals surface area contributed by atoms with Crippen molar-refractivity contribution in [2.45, 2.75) is 51.6 Å². The Morgan fingerprint density at radius 2 is 1.80 bits per heavy atom. The third kappa shape index (κ3) is 13.6. The van der Waals surface area contributed by atoms with Crippen LogP contribution in [-0.2, 0) is 14.3 Å². The molecule has 1 rings (SSSR count). The van der Waals surface area contributed by atoms with Gasteiger partial charge in [-0.2, -0.15) is 0 Å². The van der Waals surface area contributed by atoms with Gasteiger partial charge in [0, 0.05) is 24.1 Å². The first-order valence-corrected chi connectivity index (χ1v) is 9.95. The van der Waals surface area contributed by atoms with Gasteiger partial charge < -0.3 is 29.5 Å². The zero-order chi connectivity index (χ0) is 22.8. The van der Waals surface area contributed by atoms with Gasteiger partial charge in [-0.1, -0.05) is 32.6 Å². The molecule has 0 radical (unpaired) electrons. The van der Waals surface area contributed by atoms with Crippen molar-refractivity contribution in [3.63, 3.8) is 0 Å². The maximum absolute atomic E-state index is 11.1. The molecule has 1 aromatic carbocycles. The van der Waals surface area contributed by atoms with Gasteiger partial charge in [-0.05, 0) is 24.6 Å². The number of aliphatic hydroxyl groups is 2. The number of carbonyl (C=O) groups is 2. The summed E-state index contributed by atoms with van der Waals surface area (Å²) < 4.78 is 14.9. The summed E-state index contributed by atoms with van der Waals surface area (Å²) in [5.74, 6) is -0.0435. The van der Waals surface area contributed by atoms with E-state index in [1.54, 1.807) is 25.3 Å². The summed E-state index contributed by atoms with van der Waals surface area (Å²) in [5.41, 5.74) is 0.695. The second kappa shape index (κ2) is 17.3. The first-order valence-electron chi connectivity index (χ1n) is 9.95. The molecule has 0 fully saturated rings.